The summed E-state index contributed by atoms with van der Waals surface area (Å²) in [6.45, 7) is 3.89. The second-order valence-corrected chi connectivity index (χ2v) is 8.59. The quantitative estimate of drug-likeness (QED) is 0.421. The third-order valence-electron chi connectivity index (χ3n) is 5.69. The molecule has 1 atom stereocenters. The maximum atomic E-state index is 14.9. The van der Waals surface area contributed by atoms with Gasteiger partial charge in [0.15, 0.2) is 5.82 Å². The molecule has 6 nitrogen and oxygen atoms in total. The molecule has 0 N–H and O–H groups in total. The highest BCUT2D eigenvalue weighted by Gasteiger charge is 2.32. The summed E-state index contributed by atoms with van der Waals surface area (Å²) in [5.41, 5.74) is 1.82. The number of hydrogen-bond donors (Lipinski definition) is 0. The Hall–Kier alpha value is -2.81. The molecule has 1 aliphatic heterocycles. The zero-order valence-electron chi connectivity index (χ0n) is 17.4. The van der Waals surface area contributed by atoms with Crippen molar-refractivity contribution in [3.63, 3.8) is 0 Å². The van der Waals surface area contributed by atoms with Crippen LogP contribution in [-0.4, -0.2) is 51.3 Å². The summed E-state index contributed by atoms with van der Waals surface area (Å²) in [6, 6.07) is 21.1. The number of piperazine rings is 1. The first-order valence-electron chi connectivity index (χ1n) is 10.4. The van der Waals surface area contributed by atoms with E-state index in [4.69, 9.17) is 0 Å². The standard InChI is InChI=1S/C23H23FN6S.ClH/c24-21-11-5-4-10-20(21)22(23-25-26-27-30(23)17-19-9-6-16-31-19)29-14-12-28(13-15-29)18-7-2-1-3-8-18;/h1-11,16,22H,12-15,17H2;1H. The minimum Gasteiger partial charge on any atom is -0.369 e. The predicted molar refractivity (Wildman–Crippen MR) is 127 cm³/mol. The topological polar surface area (TPSA) is 50.1 Å². The van der Waals surface area contributed by atoms with Gasteiger partial charge in [-0.05, 0) is 40.1 Å². The largest absolute Gasteiger partial charge is 0.369 e. The molecule has 32 heavy (non-hydrogen) atoms. The molecule has 1 aliphatic rings. The molecule has 1 saturated heterocycles. The highest BCUT2D eigenvalue weighted by Crippen LogP contribution is 2.31. The smallest absolute Gasteiger partial charge is 0.173 e. The third kappa shape index (κ3) is 4.67. The molecule has 2 aromatic heterocycles. The molecular formula is C23H24ClFN6S. The van der Waals surface area contributed by atoms with Crippen LogP contribution in [0, 0.1) is 5.82 Å². The maximum absolute atomic E-state index is 14.9. The molecule has 0 radical (unpaired) electrons. The first-order valence-corrected chi connectivity index (χ1v) is 11.2. The van der Waals surface area contributed by atoms with Crippen LogP contribution >= 0.6 is 23.7 Å². The van der Waals surface area contributed by atoms with Gasteiger partial charge >= 0.3 is 0 Å². The van der Waals surface area contributed by atoms with Gasteiger partial charge in [-0.3, -0.25) is 4.90 Å². The van der Waals surface area contributed by atoms with Crippen LogP contribution in [0.3, 0.4) is 0 Å². The summed E-state index contributed by atoms with van der Waals surface area (Å²) in [5.74, 6) is 0.440. The lowest BCUT2D eigenvalue weighted by molar-refractivity contribution is 0.198. The van der Waals surface area contributed by atoms with E-state index in [9.17, 15) is 4.39 Å². The van der Waals surface area contributed by atoms with Crippen LogP contribution in [0.5, 0.6) is 0 Å². The molecular weight excluding hydrogens is 447 g/mol. The Morgan fingerprint density at radius 3 is 2.38 bits per heavy atom. The van der Waals surface area contributed by atoms with Crippen molar-refractivity contribution in [1.82, 2.24) is 25.1 Å². The van der Waals surface area contributed by atoms with Gasteiger partial charge in [0.1, 0.15) is 11.9 Å². The van der Waals surface area contributed by atoms with E-state index < -0.39 is 0 Å². The molecule has 9 heteroatoms. The Kier molecular flexibility index (Phi) is 7.14. The lowest BCUT2D eigenvalue weighted by Crippen LogP contribution is -2.48. The average molecular weight is 471 g/mol. The molecule has 1 fully saturated rings. The Bertz CT molecular complexity index is 1110. The minimum atomic E-state index is -0.339. The zero-order valence-corrected chi connectivity index (χ0v) is 19.1. The number of thiophene rings is 1. The second-order valence-electron chi connectivity index (χ2n) is 7.56. The summed E-state index contributed by atoms with van der Waals surface area (Å²) < 4.78 is 16.7. The van der Waals surface area contributed by atoms with Crippen molar-refractivity contribution in [2.24, 2.45) is 0 Å². The maximum Gasteiger partial charge on any atom is 0.173 e. The summed E-state index contributed by atoms with van der Waals surface area (Å²) in [4.78, 5) is 5.81. The van der Waals surface area contributed by atoms with E-state index in [1.165, 1.54) is 11.8 Å². The lowest BCUT2D eigenvalue weighted by Gasteiger charge is -2.40. The van der Waals surface area contributed by atoms with Gasteiger partial charge in [-0.25, -0.2) is 9.07 Å². The number of anilines is 1. The van der Waals surface area contributed by atoms with Crippen LogP contribution in [-0.2, 0) is 6.54 Å². The molecule has 0 spiro atoms. The minimum absolute atomic E-state index is 0. The van der Waals surface area contributed by atoms with Gasteiger partial charge in [0.2, 0.25) is 0 Å². The van der Waals surface area contributed by atoms with E-state index in [2.05, 4.69) is 55.7 Å². The molecule has 5 rings (SSSR count). The molecule has 0 saturated carbocycles. The fourth-order valence-corrected chi connectivity index (χ4v) is 4.83. The third-order valence-corrected chi connectivity index (χ3v) is 6.55. The molecule has 4 aromatic rings. The number of nitrogens with zero attached hydrogens (tertiary/aromatic N) is 6. The molecule has 0 bridgehead atoms. The number of benzene rings is 2. The Morgan fingerprint density at radius 2 is 1.66 bits per heavy atom. The fraction of sp³-hybridized carbons (Fsp3) is 0.261. The van der Waals surface area contributed by atoms with Crippen molar-refractivity contribution in [2.75, 3.05) is 31.1 Å². The van der Waals surface area contributed by atoms with E-state index >= 15 is 0 Å². The van der Waals surface area contributed by atoms with Crippen molar-refractivity contribution in [2.45, 2.75) is 12.6 Å². The molecule has 0 aliphatic carbocycles. The van der Waals surface area contributed by atoms with Crippen LogP contribution in [0.4, 0.5) is 10.1 Å². The van der Waals surface area contributed by atoms with E-state index in [0.29, 0.717) is 17.9 Å². The number of tetrazole rings is 1. The Labute approximate surface area is 196 Å². The van der Waals surface area contributed by atoms with Crippen LogP contribution in [0.2, 0.25) is 0 Å². The number of hydrogen-bond acceptors (Lipinski definition) is 6. The number of halogens is 2. The van der Waals surface area contributed by atoms with Crippen LogP contribution in [0.25, 0.3) is 0 Å². The van der Waals surface area contributed by atoms with Gasteiger partial charge in [0.25, 0.3) is 0 Å². The normalized spacial score (nSPS) is 15.3. The van der Waals surface area contributed by atoms with Crippen LogP contribution in [0.15, 0.2) is 72.1 Å². The summed E-state index contributed by atoms with van der Waals surface area (Å²) in [5, 5.41) is 14.6. The van der Waals surface area contributed by atoms with Crippen LogP contribution in [0.1, 0.15) is 22.3 Å². The van der Waals surface area contributed by atoms with Crippen molar-refractivity contribution in [3.05, 3.63) is 94.2 Å². The van der Waals surface area contributed by atoms with E-state index in [1.807, 2.05) is 29.6 Å². The van der Waals surface area contributed by atoms with Gasteiger partial charge in [0.05, 0.1) is 6.54 Å². The first kappa shape index (κ1) is 22.4. The second kappa shape index (κ2) is 10.2. The predicted octanol–water partition coefficient (Wildman–Crippen LogP) is 4.26. The number of aromatic nitrogens is 4. The monoisotopic (exact) mass is 470 g/mol. The van der Waals surface area contributed by atoms with E-state index in [0.717, 1.165) is 31.1 Å². The summed E-state index contributed by atoms with van der Waals surface area (Å²) in [7, 11) is 0. The van der Waals surface area contributed by atoms with Crippen LogP contribution < -0.4 is 4.90 Å². The van der Waals surface area contributed by atoms with Gasteiger partial charge in [-0.2, -0.15) is 0 Å². The zero-order chi connectivity index (χ0) is 21.0. The van der Waals surface area contributed by atoms with E-state index in [-0.39, 0.29) is 24.3 Å². The number of para-hydroxylation sites is 1. The van der Waals surface area contributed by atoms with Gasteiger partial charge in [0, 0.05) is 42.3 Å². The number of rotatable bonds is 6. The molecule has 1 unspecified atom stereocenters. The summed E-state index contributed by atoms with van der Waals surface area (Å²) in [6.07, 6.45) is 0. The molecule has 166 valence electrons. The van der Waals surface area contributed by atoms with Gasteiger partial charge in [-0.15, -0.1) is 28.8 Å². The SMILES string of the molecule is Cl.Fc1ccccc1C(c1nnnn1Cc1cccs1)N1CCN(c2ccccc2)CC1. The Balaban J connectivity index is 0.00000245. The van der Waals surface area contributed by atoms with Crippen molar-refractivity contribution in [3.8, 4) is 0 Å². The lowest BCUT2D eigenvalue weighted by atomic mass is 10.0. The Morgan fingerprint density at radius 1 is 0.906 bits per heavy atom. The molecule has 2 aromatic carbocycles. The first-order chi connectivity index (χ1) is 15.3. The van der Waals surface area contributed by atoms with Gasteiger partial charge < -0.3 is 4.90 Å². The van der Waals surface area contributed by atoms with Gasteiger partial charge in [-0.1, -0.05) is 42.5 Å². The van der Waals surface area contributed by atoms with Crippen molar-refractivity contribution < 1.29 is 4.39 Å². The average Bonchev–Trinajstić information content (AvgIpc) is 3.49. The molecule has 0 amide bonds. The van der Waals surface area contributed by atoms with E-state index in [1.54, 1.807) is 22.1 Å². The highest BCUT2D eigenvalue weighted by atomic mass is 35.5. The fourth-order valence-electron chi connectivity index (χ4n) is 4.14. The highest BCUT2D eigenvalue weighted by molar-refractivity contribution is 7.09. The van der Waals surface area contributed by atoms with Crippen molar-refractivity contribution in [1.29, 1.82) is 0 Å². The van der Waals surface area contributed by atoms with Crippen molar-refractivity contribution >= 4 is 29.4 Å². The molecule has 3 heterocycles. The summed E-state index contributed by atoms with van der Waals surface area (Å²) >= 11 is 1.66.